The van der Waals surface area contributed by atoms with Crippen LogP contribution in [0, 0.1) is 6.92 Å². The normalized spacial score (nSPS) is 11.4. The number of nitrogens with zero attached hydrogens (tertiary/aromatic N) is 3. The molecule has 0 aliphatic carbocycles. The monoisotopic (exact) mass is 461 g/mol. The first-order valence-corrected chi connectivity index (χ1v) is 11.3. The highest BCUT2D eigenvalue weighted by atomic mass is 32.2. The van der Waals surface area contributed by atoms with Gasteiger partial charge in [0, 0.05) is 11.5 Å². The van der Waals surface area contributed by atoms with Crippen LogP contribution < -0.4 is 0 Å². The van der Waals surface area contributed by atoms with Crippen LogP contribution in [0.25, 0.3) is 10.4 Å². The molecule has 0 aliphatic heterocycles. The molecule has 0 saturated carbocycles. The van der Waals surface area contributed by atoms with Gasteiger partial charge in [0.1, 0.15) is 0 Å². The molecule has 1 aromatic rings. The number of azide groups is 1. The molecule has 0 amide bonds. The summed E-state index contributed by atoms with van der Waals surface area (Å²) in [6, 6.07) is 6.46. The Morgan fingerprint density at radius 2 is 1.16 bits per heavy atom. The van der Waals surface area contributed by atoms with Gasteiger partial charge in [0.2, 0.25) is 0 Å². The van der Waals surface area contributed by atoms with E-state index in [1.807, 2.05) is 6.92 Å². The molecule has 0 spiro atoms. The van der Waals surface area contributed by atoms with Crippen molar-refractivity contribution >= 4 is 10.1 Å². The summed E-state index contributed by atoms with van der Waals surface area (Å²) in [5.41, 5.74) is 9.07. The van der Waals surface area contributed by atoms with Crippen LogP contribution >= 0.6 is 0 Å². The predicted octanol–water partition coefficient (Wildman–Crippen LogP) is 2.09. The molecule has 0 atom stereocenters. The van der Waals surface area contributed by atoms with Gasteiger partial charge in [-0.15, -0.1) is 0 Å². The molecular weight excluding hydrogens is 430 g/mol. The number of hydrogen-bond acceptors (Lipinski definition) is 9. The van der Waals surface area contributed by atoms with E-state index < -0.39 is 10.1 Å². The molecule has 0 N–H and O–H groups in total. The predicted molar refractivity (Wildman–Crippen MR) is 112 cm³/mol. The smallest absolute Gasteiger partial charge is 0.297 e. The van der Waals surface area contributed by atoms with Gasteiger partial charge >= 0.3 is 0 Å². The number of benzene rings is 1. The number of aryl methyl sites for hydroxylation is 1. The Balaban J connectivity index is 1.83. The second-order valence-corrected chi connectivity index (χ2v) is 7.72. The third kappa shape index (κ3) is 14.8. The van der Waals surface area contributed by atoms with Crippen LogP contribution in [0.2, 0.25) is 0 Å². The van der Waals surface area contributed by atoms with Gasteiger partial charge < -0.3 is 23.7 Å². The van der Waals surface area contributed by atoms with Crippen molar-refractivity contribution in [3.63, 3.8) is 0 Å². The van der Waals surface area contributed by atoms with Crippen molar-refractivity contribution in [3.05, 3.63) is 40.3 Å². The largest absolute Gasteiger partial charge is 0.379 e. The molecule has 0 fully saturated rings. The van der Waals surface area contributed by atoms with Gasteiger partial charge in [0.15, 0.2) is 0 Å². The third-order valence-corrected chi connectivity index (χ3v) is 4.99. The fourth-order valence-electron chi connectivity index (χ4n) is 2.11. The van der Waals surface area contributed by atoms with E-state index in [1.165, 1.54) is 12.1 Å². The van der Waals surface area contributed by atoms with Gasteiger partial charge in [-0.3, -0.25) is 4.18 Å². The molecule has 12 heteroatoms. The lowest BCUT2D eigenvalue weighted by molar-refractivity contribution is -0.0121. The van der Waals surface area contributed by atoms with E-state index in [9.17, 15) is 8.42 Å². The van der Waals surface area contributed by atoms with Gasteiger partial charge in [-0.2, -0.15) is 8.42 Å². The molecule has 0 radical (unpaired) electrons. The van der Waals surface area contributed by atoms with Crippen molar-refractivity contribution in [2.75, 3.05) is 79.2 Å². The van der Waals surface area contributed by atoms with Crippen LogP contribution in [0.1, 0.15) is 5.56 Å². The van der Waals surface area contributed by atoms with Gasteiger partial charge in [0.25, 0.3) is 10.1 Å². The molecule has 0 bridgehead atoms. The Kier molecular flexibility index (Phi) is 15.7. The highest BCUT2D eigenvalue weighted by Crippen LogP contribution is 2.12. The first-order valence-electron chi connectivity index (χ1n) is 9.92. The van der Waals surface area contributed by atoms with Gasteiger partial charge in [-0.25, -0.2) is 0 Å². The summed E-state index contributed by atoms with van der Waals surface area (Å²) in [4.78, 5) is 2.75. The van der Waals surface area contributed by atoms with Gasteiger partial charge in [0.05, 0.1) is 77.6 Å². The first-order chi connectivity index (χ1) is 15.1. The third-order valence-electron chi connectivity index (χ3n) is 3.66. The molecule has 0 aromatic heterocycles. The van der Waals surface area contributed by atoms with E-state index in [1.54, 1.807) is 12.1 Å². The molecular formula is C19H31N3O8S. The van der Waals surface area contributed by atoms with Crippen LogP contribution in [0.3, 0.4) is 0 Å². The fraction of sp³-hybridized carbons (Fsp3) is 0.684. The Morgan fingerprint density at radius 3 is 1.61 bits per heavy atom. The summed E-state index contributed by atoms with van der Waals surface area (Å²) in [6.07, 6.45) is 0. The lowest BCUT2D eigenvalue weighted by Crippen LogP contribution is -2.15. The Bertz CT molecular complexity index is 724. The van der Waals surface area contributed by atoms with Crippen molar-refractivity contribution < 1.29 is 36.3 Å². The molecule has 0 heterocycles. The maximum atomic E-state index is 12.0. The highest BCUT2D eigenvalue weighted by molar-refractivity contribution is 7.86. The minimum absolute atomic E-state index is 0.0574. The molecule has 11 nitrogen and oxygen atoms in total. The average Bonchev–Trinajstić information content (AvgIpc) is 2.75. The second-order valence-electron chi connectivity index (χ2n) is 6.11. The fourth-order valence-corrected chi connectivity index (χ4v) is 3.00. The first kappa shape index (κ1) is 27.3. The van der Waals surface area contributed by atoms with Crippen molar-refractivity contribution in [2.45, 2.75) is 11.8 Å². The Labute approximate surface area is 183 Å². The Hall–Kier alpha value is -1.76. The molecule has 1 aromatic carbocycles. The van der Waals surface area contributed by atoms with Crippen LogP contribution in [-0.4, -0.2) is 87.6 Å². The molecule has 31 heavy (non-hydrogen) atoms. The van der Waals surface area contributed by atoms with Crippen molar-refractivity contribution in [1.82, 2.24) is 0 Å². The summed E-state index contributed by atoms with van der Waals surface area (Å²) in [5, 5.41) is 3.35. The van der Waals surface area contributed by atoms with E-state index >= 15 is 0 Å². The summed E-state index contributed by atoms with van der Waals surface area (Å²) < 4.78 is 55.4. The lowest BCUT2D eigenvalue weighted by atomic mass is 10.2. The summed E-state index contributed by atoms with van der Waals surface area (Å²) >= 11 is 0. The zero-order valence-corrected chi connectivity index (χ0v) is 18.6. The standard InChI is InChI=1S/C19H31N3O8S/c1-18-2-4-19(5-3-18)31(23,24)30-17-16-29-15-14-28-13-12-27-11-10-26-9-8-25-7-6-21-22-20/h2-5H,6-17H2,1H3. The molecule has 0 unspecified atom stereocenters. The van der Waals surface area contributed by atoms with Crippen molar-refractivity contribution in [3.8, 4) is 0 Å². The van der Waals surface area contributed by atoms with Gasteiger partial charge in [-0.05, 0) is 24.6 Å². The van der Waals surface area contributed by atoms with E-state index in [2.05, 4.69) is 10.0 Å². The van der Waals surface area contributed by atoms with E-state index in [4.69, 9.17) is 33.4 Å². The van der Waals surface area contributed by atoms with E-state index in [0.717, 1.165) is 5.56 Å². The molecule has 1 rings (SSSR count). The summed E-state index contributed by atoms with van der Waals surface area (Å²) in [5.74, 6) is 0. The average molecular weight is 462 g/mol. The number of ether oxygens (including phenoxy) is 5. The van der Waals surface area contributed by atoms with E-state index in [-0.39, 0.29) is 18.1 Å². The van der Waals surface area contributed by atoms with Crippen LogP contribution in [0.4, 0.5) is 0 Å². The summed E-state index contributed by atoms with van der Waals surface area (Å²) in [7, 11) is -3.76. The van der Waals surface area contributed by atoms with Crippen molar-refractivity contribution in [2.24, 2.45) is 5.11 Å². The second kappa shape index (κ2) is 17.9. The lowest BCUT2D eigenvalue weighted by Gasteiger charge is -2.08. The van der Waals surface area contributed by atoms with Crippen LogP contribution in [0.5, 0.6) is 0 Å². The zero-order valence-electron chi connectivity index (χ0n) is 17.8. The van der Waals surface area contributed by atoms with Gasteiger partial charge in [-0.1, -0.05) is 22.8 Å². The quantitative estimate of drug-likeness (QED) is 0.0946. The topological polar surface area (TPSA) is 138 Å². The SMILES string of the molecule is Cc1ccc(S(=O)(=O)OCCOCCOCCOCCOCCOCCN=[N+]=[N-])cc1. The van der Waals surface area contributed by atoms with E-state index in [0.29, 0.717) is 66.0 Å². The maximum absolute atomic E-state index is 12.0. The maximum Gasteiger partial charge on any atom is 0.297 e. The molecule has 176 valence electrons. The van der Waals surface area contributed by atoms with Crippen LogP contribution in [-0.2, 0) is 38.0 Å². The molecule has 0 saturated heterocycles. The van der Waals surface area contributed by atoms with Crippen molar-refractivity contribution in [1.29, 1.82) is 0 Å². The minimum atomic E-state index is -3.76. The number of rotatable bonds is 20. The molecule has 0 aliphatic rings. The highest BCUT2D eigenvalue weighted by Gasteiger charge is 2.14. The minimum Gasteiger partial charge on any atom is -0.379 e. The van der Waals surface area contributed by atoms with Crippen LogP contribution in [0.15, 0.2) is 34.3 Å². The Morgan fingerprint density at radius 1 is 0.742 bits per heavy atom. The summed E-state index contributed by atoms with van der Waals surface area (Å²) in [6.45, 7) is 6.01. The zero-order chi connectivity index (χ0) is 22.6. The number of hydrogen-bond donors (Lipinski definition) is 0.